The Labute approximate surface area is 157 Å². The van der Waals surface area contributed by atoms with Gasteiger partial charge in [-0.1, -0.05) is 30.3 Å². The van der Waals surface area contributed by atoms with Gasteiger partial charge >= 0.3 is 0 Å². The van der Waals surface area contributed by atoms with Crippen LogP contribution in [-0.4, -0.2) is 23.2 Å². The smallest absolute Gasteiger partial charge is 0.257 e. The number of aromatic nitrogens is 1. The molecule has 1 aromatic heterocycles. The molecule has 1 aliphatic heterocycles. The van der Waals surface area contributed by atoms with Gasteiger partial charge in [-0.3, -0.25) is 14.6 Å². The van der Waals surface area contributed by atoms with Gasteiger partial charge in [-0.25, -0.2) is 0 Å². The minimum Gasteiger partial charge on any atom is -0.340 e. The molecular weight excluding hydrogens is 338 g/mol. The van der Waals surface area contributed by atoms with Crippen LogP contribution in [-0.2, 0) is 6.42 Å². The molecule has 27 heavy (non-hydrogen) atoms. The summed E-state index contributed by atoms with van der Waals surface area (Å²) in [7, 11) is 0. The van der Waals surface area contributed by atoms with E-state index in [1.165, 1.54) is 12.5 Å². The monoisotopic (exact) mass is 357 g/mol. The molecule has 2 heterocycles. The van der Waals surface area contributed by atoms with Crippen molar-refractivity contribution in [3.05, 3.63) is 83.7 Å². The number of hydrogen-bond donors (Lipinski definition) is 1. The van der Waals surface area contributed by atoms with Crippen molar-refractivity contribution in [1.29, 1.82) is 0 Å². The summed E-state index contributed by atoms with van der Waals surface area (Å²) in [6.45, 7) is 2.37. The third kappa shape index (κ3) is 3.44. The fourth-order valence-corrected chi connectivity index (χ4v) is 3.33. The van der Waals surface area contributed by atoms with Crippen LogP contribution in [0.5, 0.6) is 0 Å². The van der Waals surface area contributed by atoms with E-state index in [4.69, 9.17) is 0 Å². The average molecular weight is 357 g/mol. The molecule has 5 nitrogen and oxygen atoms in total. The highest BCUT2D eigenvalue weighted by Gasteiger charge is 2.21. The summed E-state index contributed by atoms with van der Waals surface area (Å²) in [5.41, 5.74) is 4.98. The van der Waals surface area contributed by atoms with Crippen LogP contribution in [0.15, 0.2) is 67.0 Å². The van der Waals surface area contributed by atoms with Crippen LogP contribution in [0.2, 0.25) is 0 Å². The quantitative estimate of drug-likeness (QED) is 0.710. The first-order valence-corrected chi connectivity index (χ1v) is 8.85. The molecule has 0 saturated carbocycles. The molecule has 0 aliphatic carbocycles. The predicted molar refractivity (Wildman–Crippen MR) is 106 cm³/mol. The largest absolute Gasteiger partial charge is 0.340 e. The van der Waals surface area contributed by atoms with E-state index in [1.54, 1.807) is 36.7 Å². The number of amides is 1. The summed E-state index contributed by atoms with van der Waals surface area (Å²) in [6, 6.07) is 17.0. The molecule has 3 aromatic rings. The number of fused-ring (bicyclic) bond motifs is 1. The number of pyridine rings is 1. The van der Waals surface area contributed by atoms with Crippen molar-refractivity contribution < 1.29 is 9.59 Å². The van der Waals surface area contributed by atoms with E-state index >= 15 is 0 Å². The second kappa shape index (κ2) is 7.03. The lowest BCUT2D eigenvalue weighted by atomic mass is 10.1. The van der Waals surface area contributed by atoms with Crippen molar-refractivity contribution in [2.75, 3.05) is 16.8 Å². The minimum atomic E-state index is -0.252. The van der Waals surface area contributed by atoms with Gasteiger partial charge in [0, 0.05) is 29.7 Å². The van der Waals surface area contributed by atoms with Gasteiger partial charge in [-0.2, -0.15) is 0 Å². The summed E-state index contributed by atoms with van der Waals surface area (Å²) < 4.78 is 0. The lowest BCUT2D eigenvalue weighted by molar-refractivity contribution is 0.101. The van der Waals surface area contributed by atoms with E-state index in [-0.39, 0.29) is 11.7 Å². The first-order chi connectivity index (χ1) is 13.1. The number of ketones is 1. The number of hydrogen-bond acceptors (Lipinski definition) is 4. The second-order valence-corrected chi connectivity index (χ2v) is 6.55. The Morgan fingerprint density at radius 1 is 1.00 bits per heavy atom. The topological polar surface area (TPSA) is 62.3 Å². The second-order valence-electron chi connectivity index (χ2n) is 6.55. The molecule has 4 rings (SSSR count). The summed E-state index contributed by atoms with van der Waals surface area (Å²) in [4.78, 5) is 30.6. The lowest BCUT2D eigenvalue weighted by Crippen LogP contribution is -2.16. The highest BCUT2D eigenvalue weighted by molar-refractivity contribution is 6.05. The summed E-state index contributed by atoms with van der Waals surface area (Å²) in [5.74, 6) is -0.292. The molecule has 0 saturated heterocycles. The van der Waals surface area contributed by atoms with E-state index in [2.05, 4.69) is 27.3 Å². The van der Waals surface area contributed by atoms with Crippen LogP contribution in [0.3, 0.4) is 0 Å². The molecule has 1 amide bonds. The SMILES string of the molecule is CC(=O)c1cccc(NC(=O)c2cncc(N3CCc4ccccc43)c2)c1. The first-order valence-electron chi connectivity index (χ1n) is 8.85. The van der Waals surface area contributed by atoms with Gasteiger partial charge in [-0.05, 0) is 43.2 Å². The van der Waals surface area contributed by atoms with Crippen molar-refractivity contribution in [3.8, 4) is 0 Å². The number of carbonyl (C=O) groups excluding carboxylic acids is 2. The Morgan fingerprint density at radius 3 is 2.70 bits per heavy atom. The van der Waals surface area contributed by atoms with Gasteiger partial charge in [0.05, 0.1) is 17.4 Å². The van der Waals surface area contributed by atoms with E-state index in [0.29, 0.717) is 16.8 Å². The normalized spacial score (nSPS) is 12.6. The fourth-order valence-electron chi connectivity index (χ4n) is 3.33. The van der Waals surface area contributed by atoms with Gasteiger partial charge < -0.3 is 10.2 Å². The lowest BCUT2D eigenvalue weighted by Gasteiger charge is -2.19. The van der Waals surface area contributed by atoms with Crippen LogP contribution < -0.4 is 10.2 Å². The molecule has 1 N–H and O–H groups in total. The van der Waals surface area contributed by atoms with Crippen molar-refractivity contribution in [2.24, 2.45) is 0 Å². The Balaban J connectivity index is 1.57. The summed E-state index contributed by atoms with van der Waals surface area (Å²) in [5, 5.41) is 2.84. The van der Waals surface area contributed by atoms with Gasteiger partial charge in [-0.15, -0.1) is 0 Å². The highest BCUT2D eigenvalue weighted by Crippen LogP contribution is 2.34. The highest BCUT2D eigenvalue weighted by atomic mass is 16.1. The number of rotatable bonds is 4. The average Bonchev–Trinajstić information content (AvgIpc) is 3.12. The zero-order valence-corrected chi connectivity index (χ0v) is 15.0. The maximum atomic E-state index is 12.7. The number of benzene rings is 2. The Morgan fingerprint density at radius 2 is 1.85 bits per heavy atom. The van der Waals surface area contributed by atoms with Gasteiger partial charge in [0.25, 0.3) is 5.91 Å². The standard InChI is InChI=1S/C22H19N3O2/c1-15(26)17-6-4-7-19(11-17)24-22(27)18-12-20(14-23-13-18)25-10-9-16-5-2-3-8-21(16)25/h2-8,11-14H,9-10H2,1H3,(H,24,27). The zero-order valence-electron chi connectivity index (χ0n) is 15.0. The van der Waals surface area contributed by atoms with Crippen LogP contribution in [0.1, 0.15) is 33.2 Å². The summed E-state index contributed by atoms with van der Waals surface area (Å²) >= 11 is 0. The number of anilines is 3. The molecule has 2 aromatic carbocycles. The number of para-hydroxylation sites is 1. The fraction of sp³-hybridized carbons (Fsp3) is 0.136. The van der Waals surface area contributed by atoms with Crippen LogP contribution >= 0.6 is 0 Å². The van der Waals surface area contributed by atoms with E-state index in [9.17, 15) is 9.59 Å². The number of Topliss-reactive ketones (excluding diaryl/α,β-unsaturated/α-hetero) is 1. The molecular formula is C22H19N3O2. The number of nitrogens with one attached hydrogen (secondary N) is 1. The van der Waals surface area contributed by atoms with Crippen molar-refractivity contribution in [3.63, 3.8) is 0 Å². The van der Waals surface area contributed by atoms with Gasteiger partial charge in [0.2, 0.25) is 0 Å². The predicted octanol–water partition coefficient (Wildman–Crippen LogP) is 4.23. The van der Waals surface area contributed by atoms with Crippen LogP contribution in [0, 0.1) is 0 Å². The molecule has 0 unspecified atom stereocenters. The molecule has 1 aliphatic rings. The van der Waals surface area contributed by atoms with Gasteiger partial charge in [0.1, 0.15) is 0 Å². The molecule has 0 spiro atoms. The Hall–Kier alpha value is -3.47. The van der Waals surface area contributed by atoms with Crippen molar-refractivity contribution >= 4 is 28.8 Å². The van der Waals surface area contributed by atoms with Gasteiger partial charge in [0.15, 0.2) is 5.78 Å². The maximum Gasteiger partial charge on any atom is 0.257 e. The zero-order chi connectivity index (χ0) is 18.8. The number of nitrogens with zero attached hydrogens (tertiary/aromatic N) is 2. The van der Waals surface area contributed by atoms with Crippen molar-refractivity contribution in [1.82, 2.24) is 4.98 Å². The first kappa shape index (κ1) is 17.0. The van der Waals surface area contributed by atoms with Crippen LogP contribution in [0.4, 0.5) is 17.1 Å². The van der Waals surface area contributed by atoms with Crippen LogP contribution in [0.25, 0.3) is 0 Å². The molecule has 0 bridgehead atoms. The third-order valence-electron chi connectivity index (χ3n) is 4.71. The Bertz CT molecular complexity index is 1030. The Kier molecular flexibility index (Phi) is 4.42. The van der Waals surface area contributed by atoms with E-state index < -0.39 is 0 Å². The van der Waals surface area contributed by atoms with E-state index in [1.807, 2.05) is 18.2 Å². The summed E-state index contributed by atoms with van der Waals surface area (Å²) in [6.07, 6.45) is 4.30. The molecule has 5 heteroatoms. The number of carbonyl (C=O) groups is 2. The van der Waals surface area contributed by atoms with Crippen molar-refractivity contribution in [2.45, 2.75) is 13.3 Å². The molecule has 0 radical (unpaired) electrons. The molecule has 0 atom stereocenters. The van der Waals surface area contributed by atoms with E-state index in [0.717, 1.165) is 24.3 Å². The molecule has 0 fully saturated rings. The third-order valence-corrected chi connectivity index (χ3v) is 4.71. The maximum absolute atomic E-state index is 12.7. The minimum absolute atomic E-state index is 0.0394. The molecule has 134 valence electrons.